The van der Waals surface area contributed by atoms with Gasteiger partial charge in [0.05, 0.1) is 19.8 Å². The maximum Gasteiger partial charge on any atom is 0.366 e. The molecule has 8 nitrogen and oxygen atoms in total. The lowest BCUT2D eigenvalue weighted by atomic mass is 9.93. The van der Waals surface area contributed by atoms with Gasteiger partial charge in [-0.2, -0.15) is 0 Å². The van der Waals surface area contributed by atoms with Gasteiger partial charge >= 0.3 is 5.97 Å². The number of fused-ring (bicyclic) bond motifs is 1. The first-order valence-electron chi connectivity index (χ1n) is 7.71. The van der Waals surface area contributed by atoms with Crippen LogP contribution in [0.25, 0.3) is 0 Å². The molecule has 8 heteroatoms. The van der Waals surface area contributed by atoms with E-state index in [4.69, 9.17) is 23.7 Å². The summed E-state index contributed by atoms with van der Waals surface area (Å²) in [4.78, 5) is 12.0. The minimum absolute atomic E-state index is 0.0682. The van der Waals surface area contributed by atoms with Gasteiger partial charge in [0.25, 0.3) is 5.79 Å². The van der Waals surface area contributed by atoms with Gasteiger partial charge in [-0.25, -0.2) is 4.79 Å². The first-order chi connectivity index (χ1) is 10.6. The van der Waals surface area contributed by atoms with Gasteiger partial charge in [0, 0.05) is 6.42 Å². The van der Waals surface area contributed by atoms with E-state index in [1.807, 2.05) is 0 Å². The van der Waals surface area contributed by atoms with E-state index in [9.17, 15) is 9.90 Å². The number of methoxy groups -OCH3 is 1. The summed E-state index contributed by atoms with van der Waals surface area (Å²) in [5.41, 5.74) is 0. The zero-order valence-corrected chi connectivity index (χ0v) is 14.0. The van der Waals surface area contributed by atoms with Crippen LogP contribution in [0.2, 0.25) is 0 Å². The number of aliphatic hydroxyl groups is 1. The second kappa shape index (κ2) is 5.37. The van der Waals surface area contributed by atoms with Crippen molar-refractivity contribution in [2.45, 2.75) is 75.9 Å². The molecule has 0 amide bonds. The van der Waals surface area contributed by atoms with E-state index < -0.39 is 47.7 Å². The largest absolute Gasteiger partial charge is 0.465 e. The minimum atomic E-state index is -2.10. The molecule has 3 heterocycles. The SMILES string of the molecule is COC(=O)C1(O)C[C@H]2OC(C)(C)O[C@H]2[C@@H]([C@H]2COC(C)(C)O2)O1. The maximum absolute atomic E-state index is 12.0. The van der Waals surface area contributed by atoms with E-state index in [1.165, 1.54) is 7.11 Å². The Morgan fingerprint density at radius 2 is 1.61 bits per heavy atom. The highest BCUT2D eigenvalue weighted by atomic mass is 16.8. The fraction of sp³-hybridized carbons (Fsp3) is 0.933. The van der Waals surface area contributed by atoms with Gasteiger partial charge < -0.3 is 33.5 Å². The molecule has 3 aliphatic heterocycles. The normalized spacial score (nSPS) is 44.8. The molecule has 1 unspecified atom stereocenters. The van der Waals surface area contributed by atoms with Gasteiger partial charge in [-0.1, -0.05) is 0 Å². The van der Waals surface area contributed by atoms with Crippen molar-refractivity contribution in [3.05, 3.63) is 0 Å². The second-order valence-corrected chi connectivity index (χ2v) is 7.07. The Labute approximate surface area is 134 Å². The Balaban J connectivity index is 1.87. The lowest BCUT2D eigenvalue weighted by Gasteiger charge is -2.41. The number of esters is 1. The van der Waals surface area contributed by atoms with E-state index >= 15 is 0 Å². The van der Waals surface area contributed by atoms with Gasteiger partial charge in [0.2, 0.25) is 0 Å². The number of hydrogen-bond acceptors (Lipinski definition) is 8. The van der Waals surface area contributed by atoms with Crippen LogP contribution in [0.4, 0.5) is 0 Å². The van der Waals surface area contributed by atoms with Crippen LogP contribution in [0, 0.1) is 0 Å². The third-order valence-corrected chi connectivity index (χ3v) is 4.26. The topological polar surface area (TPSA) is 92.7 Å². The highest BCUT2D eigenvalue weighted by molar-refractivity contribution is 5.77. The van der Waals surface area contributed by atoms with Crippen molar-refractivity contribution in [1.29, 1.82) is 0 Å². The summed E-state index contributed by atoms with van der Waals surface area (Å²) < 4.78 is 33.5. The van der Waals surface area contributed by atoms with E-state index in [2.05, 4.69) is 4.74 Å². The molecular formula is C15H24O8. The van der Waals surface area contributed by atoms with Crippen LogP contribution in [-0.2, 0) is 33.2 Å². The summed E-state index contributed by atoms with van der Waals surface area (Å²) in [6.45, 7) is 7.39. The average molecular weight is 332 g/mol. The number of hydrogen-bond donors (Lipinski definition) is 1. The van der Waals surface area contributed by atoms with E-state index in [-0.39, 0.29) is 13.0 Å². The van der Waals surface area contributed by atoms with Crippen LogP contribution in [0.5, 0.6) is 0 Å². The molecule has 5 atom stereocenters. The molecule has 3 saturated heterocycles. The number of carbonyl (C=O) groups is 1. The smallest absolute Gasteiger partial charge is 0.366 e. The summed E-state index contributed by atoms with van der Waals surface area (Å²) in [5.74, 6) is -4.57. The van der Waals surface area contributed by atoms with Crippen molar-refractivity contribution in [2.75, 3.05) is 13.7 Å². The fourth-order valence-electron chi connectivity index (χ4n) is 3.37. The third-order valence-electron chi connectivity index (χ3n) is 4.26. The molecule has 0 aromatic carbocycles. The van der Waals surface area contributed by atoms with Crippen molar-refractivity contribution in [1.82, 2.24) is 0 Å². The van der Waals surface area contributed by atoms with Gasteiger partial charge in [-0.05, 0) is 27.7 Å². The lowest BCUT2D eigenvalue weighted by Crippen LogP contribution is -2.61. The van der Waals surface area contributed by atoms with Crippen LogP contribution in [0.1, 0.15) is 34.1 Å². The summed E-state index contributed by atoms with van der Waals surface area (Å²) in [7, 11) is 1.19. The molecule has 0 saturated carbocycles. The summed E-state index contributed by atoms with van der Waals surface area (Å²) in [6, 6.07) is 0. The van der Waals surface area contributed by atoms with Crippen molar-refractivity contribution in [3.8, 4) is 0 Å². The molecule has 0 aliphatic carbocycles. The highest BCUT2D eigenvalue weighted by Crippen LogP contribution is 2.43. The number of ether oxygens (including phenoxy) is 6. The second-order valence-electron chi connectivity index (χ2n) is 7.07. The van der Waals surface area contributed by atoms with Crippen LogP contribution < -0.4 is 0 Å². The minimum Gasteiger partial charge on any atom is -0.465 e. The fourth-order valence-corrected chi connectivity index (χ4v) is 3.37. The molecule has 0 aromatic rings. The van der Waals surface area contributed by atoms with Crippen LogP contribution in [0.15, 0.2) is 0 Å². The molecule has 23 heavy (non-hydrogen) atoms. The zero-order valence-electron chi connectivity index (χ0n) is 14.0. The van der Waals surface area contributed by atoms with E-state index in [0.717, 1.165) is 0 Å². The Morgan fingerprint density at radius 1 is 1.00 bits per heavy atom. The molecule has 3 aliphatic rings. The maximum atomic E-state index is 12.0. The van der Waals surface area contributed by atoms with Gasteiger partial charge in [-0.15, -0.1) is 0 Å². The highest BCUT2D eigenvalue weighted by Gasteiger charge is 2.60. The predicted octanol–water partition coefficient (Wildman–Crippen LogP) is 0.308. The molecule has 3 fully saturated rings. The Kier molecular flexibility index (Phi) is 3.98. The van der Waals surface area contributed by atoms with Crippen LogP contribution in [0.3, 0.4) is 0 Å². The first-order valence-corrected chi connectivity index (χ1v) is 7.71. The predicted molar refractivity (Wildman–Crippen MR) is 75.2 cm³/mol. The van der Waals surface area contributed by atoms with Gasteiger partial charge in [0.1, 0.15) is 18.3 Å². The lowest BCUT2D eigenvalue weighted by molar-refractivity contribution is -0.298. The molecule has 0 bridgehead atoms. The summed E-state index contributed by atoms with van der Waals surface area (Å²) in [6.07, 6.45) is -2.27. The van der Waals surface area contributed by atoms with Crippen molar-refractivity contribution < 1.29 is 38.3 Å². The van der Waals surface area contributed by atoms with Gasteiger partial charge in [0.15, 0.2) is 11.6 Å². The molecule has 1 N–H and O–H groups in total. The molecular weight excluding hydrogens is 308 g/mol. The molecule has 0 spiro atoms. The zero-order chi connectivity index (χ0) is 17.0. The summed E-state index contributed by atoms with van der Waals surface area (Å²) in [5, 5.41) is 10.6. The Morgan fingerprint density at radius 3 is 2.17 bits per heavy atom. The van der Waals surface area contributed by atoms with E-state index in [0.29, 0.717) is 0 Å². The first kappa shape index (κ1) is 17.1. The van der Waals surface area contributed by atoms with Crippen molar-refractivity contribution in [2.24, 2.45) is 0 Å². The molecule has 0 radical (unpaired) electrons. The van der Waals surface area contributed by atoms with Crippen LogP contribution in [-0.4, -0.2) is 66.6 Å². The van der Waals surface area contributed by atoms with Crippen molar-refractivity contribution >= 4 is 5.97 Å². The molecule has 132 valence electrons. The number of carbonyl (C=O) groups excluding carboxylic acids is 1. The standard InChI is InChI=1S/C15H24O8/c1-13(2)19-7-9(21-13)11-10-8(20-14(3,4)22-10)6-15(17,23-11)12(16)18-5/h8-11,17H,6-7H2,1-5H3/t8-,9-,10-,11-,15?/m1/s1. The monoisotopic (exact) mass is 332 g/mol. The van der Waals surface area contributed by atoms with E-state index in [1.54, 1.807) is 27.7 Å². The summed E-state index contributed by atoms with van der Waals surface area (Å²) >= 11 is 0. The molecule has 0 aromatic heterocycles. The van der Waals surface area contributed by atoms with Crippen LogP contribution >= 0.6 is 0 Å². The quantitative estimate of drug-likeness (QED) is 0.722. The van der Waals surface area contributed by atoms with Crippen molar-refractivity contribution in [3.63, 3.8) is 0 Å². The average Bonchev–Trinajstić information content (AvgIpc) is 2.94. The molecule has 3 rings (SSSR count). The Hall–Kier alpha value is -0.770. The third kappa shape index (κ3) is 3.11. The Bertz CT molecular complexity index is 490. The van der Waals surface area contributed by atoms with Gasteiger partial charge in [-0.3, -0.25) is 0 Å². The number of rotatable bonds is 2.